The van der Waals surface area contributed by atoms with Gasteiger partial charge in [0.1, 0.15) is 11.3 Å². The minimum Gasteiger partial charge on any atom is -0.309 e. The van der Waals surface area contributed by atoms with Crippen molar-refractivity contribution in [2.75, 3.05) is 17.4 Å². The van der Waals surface area contributed by atoms with Crippen LogP contribution in [0.1, 0.15) is 37.3 Å². The zero-order valence-electron chi connectivity index (χ0n) is 12.1. The van der Waals surface area contributed by atoms with Crippen LogP contribution >= 0.6 is 23.4 Å². The molecule has 2 aromatic heterocycles. The maximum Gasteiger partial charge on any atom is 0.159 e. The van der Waals surface area contributed by atoms with Gasteiger partial charge in [-0.15, -0.1) is 11.6 Å². The van der Waals surface area contributed by atoms with E-state index in [4.69, 9.17) is 16.6 Å². The van der Waals surface area contributed by atoms with E-state index in [0.717, 1.165) is 30.0 Å². The fourth-order valence-electron chi connectivity index (χ4n) is 3.03. The fourth-order valence-corrected chi connectivity index (χ4v) is 4.32. The molecule has 1 unspecified atom stereocenters. The summed E-state index contributed by atoms with van der Waals surface area (Å²) in [6, 6.07) is 0.540. The zero-order chi connectivity index (χ0) is 14.1. The molecular weight excluding hydrogens is 292 g/mol. The van der Waals surface area contributed by atoms with Crippen LogP contribution in [-0.4, -0.2) is 36.7 Å². The van der Waals surface area contributed by atoms with Gasteiger partial charge in [0.2, 0.25) is 0 Å². The second-order valence-electron chi connectivity index (χ2n) is 5.28. The maximum absolute atomic E-state index is 5.97. The first-order chi connectivity index (χ1) is 9.76. The van der Waals surface area contributed by atoms with Gasteiger partial charge in [0.15, 0.2) is 5.65 Å². The van der Waals surface area contributed by atoms with Crippen molar-refractivity contribution in [3.05, 3.63) is 11.5 Å². The predicted molar refractivity (Wildman–Crippen MR) is 85.9 cm³/mol. The number of imidazole rings is 1. The van der Waals surface area contributed by atoms with Crippen molar-refractivity contribution < 1.29 is 0 Å². The SMILES string of the molecule is CCn1nc(C)c2nc(CCCl)n(C3CCCSC3)c21. The van der Waals surface area contributed by atoms with Crippen molar-refractivity contribution in [2.24, 2.45) is 0 Å². The summed E-state index contributed by atoms with van der Waals surface area (Å²) in [5, 5.41) is 4.62. The quantitative estimate of drug-likeness (QED) is 0.812. The van der Waals surface area contributed by atoms with Gasteiger partial charge in [-0.05, 0) is 32.4 Å². The molecule has 0 amide bonds. The molecule has 0 bridgehead atoms. The molecule has 2 aromatic rings. The van der Waals surface area contributed by atoms with Crippen LogP contribution in [0.25, 0.3) is 11.2 Å². The number of fused-ring (bicyclic) bond motifs is 1. The van der Waals surface area contributed by atoms with Gasteiger partial charge < -0.3 is 4.57 Å². The minimum absolute atomic E-state index is 0.540. The van der Waals surface area contributed by atoms with E-state index in [1.807, 2.05) is 18.7 Å². The number of aromatic nitrogens is 4. The van der Waals surface area contributed by atoms with Gasteiger partial charge >= 0.3 is 0 Å². The predicted octanol–water partition coefficient (Wildman–Crippen LogP) is 3.41. The highest BCUT2D eigenvalue weighted by molar-refractivity contribution is 7.99. The summed E-state index contributed by atoms with van der Waals surface area (Å²) >= 11 is 8.02. The minimum atomic E-state index is 0.540. The Balaban J connectivity index is 2.15. The monoisotopic (exact) mass is 312 g/mol. The molecule has 1 aliphatic heterocycles. The van der Waals surface area contributed by atoms with Gasteiger partial charge in [-0.2, -0.15) is 16.9 Å². The number of thioether (sulfide) groups is 1. The summed E-state index contributed by atoms with van der Waals surface area (Å²) in [4.78, 5) is 4.83. The lowest BCUT2D eigenvalue weighted by molar-refractivity contribution is 0.482. The molecule has 0 radical (unpaired) electrons. The molecule has 3 heterocycles. The molecule has 0 N–H and O–H groups in total. The number of nitrogens with zero attached hydrogens (tertiary/aromatic N) is 4. The number of rotatable bonds is 4. The van der Waals surface area contributed by atoms with Crippen molar-refractivity contribution in [1.29, 1.82) is 0 Å². The van der Waals surface area contributed by atoms with Gasteiger partial charge in [0.05, 0.1) is 5.69 Å². The molecular formula is C14H21ClN4S. The molecule has 4 nitrogen and oxygen atoms in total. The highest BCUT2D eigenvalue weighted by Gasteiger charge is 2.25. The Kier molecular flexibility index (Phi) is 4.26. The van der Waals surface area contributed by atoms with Crippen LogP contribution in [0.3, 0.4) is 0 Å². The maximum atomic E-state index is 5.97. The van der Waals surface area contributed by atoms with Gasteiger partial charge in [-0.1, -0.05) is 0 Å². The second kappa shape index (κ2) is 5.98. The lowest BCUT2D eigenvalue weighted by atomic mass is 10.2. The Morgan fingerprint density at radius 2 is 2.30 bits per heavy atom. The third-order valence-electron chi connectivity index (χ3n) is 3.94. The first kappa shape index (κ1) is 14.3. The lowest BCUT2D eigenvalue weighted by Gasteiger charge is -2.25. The highest BCUT2D eigenvalue weighted by Crippen LogP contribution is 2.32. The van der Waals surface area contributed by atoms with E-state index < -0.39 is 0 Å². The van der Waals surface area contributed by atoms with E-state index in [2.05, 4.69) is 21.3 Å². The fraction of sp³-hybridized carbons (Fsp3) is 0.714. The van der Waals surface area contributed by atoms with Crippen LogP contribution in [0.15, 0.2) is 0 Å². The summed E-state index contributed by atoms with van der Waals surface area (Å²) in [6.07, 6.45) is 3.36. The van der Waals surface area contributed by atoms with Crippen LogP contribution in [0, 0.1) is 6.92 Å². The normalized spacial score (nSPS) is 19.9. The Hall–Kier alpha value is -0.680. The average Bonchev–Trinajstić information content (AvgIpc) is 2.98. The van der Waals surface area contributed by atoms with Crippen LogP contribution in [-0.2, 0) is 13.0 Å². The van der Waals surface area contributed by atoms with Gasteiger partial charge in [-0.25, -0.2) is 9.67 Å². The summed E-state index contributed by atoms with van der Waals surface area (Å²) < 4.78 is 4.52. The van der Waals surface area contributed by atoms with E-state index in [9.17, 15) is 0 Å². The van der Waals surface area contributed by atoms with Crippen molar-refractivity contribution in [1.82, 2.24) is 19.3 Å². The summed E-state index contributed by atoms with van der Waals surface area (Å²) in [6.45, 7) is 5.07. The van der Waals surface area contributed by atoms with E-state index in [1.54, 1.807) is 0 Å². The smallest absolute Gasteiger partial charge is 0.159 e. The van der Waals surface area contributed by atoms with Crippen LogP contribution < -0.4 is 0 Å². The van der Waals surface area contributed by atoms with Gasteiger partial charge in [0, 0.05) is 30.6 Å². The summed E-state index contributed by atoms with van der Waals surface area (Å²) in [7, 11) is 0. The second-order valence-corrected chi connectivity index (χ2v) is 6.81. The number of hydrogen-bond donors (Lipinski definition) is 0. The van der Waals surface area contributed by atoms with Crippen molar-refractivity contribution in [3.63, 3.8) is 0 Å². The van der Waals surface area contributed by atoms with E-state index in [1.165, 1.54) is 30.0 Å². The first-order valence-corrected chi connectivity index (χ1v) is 9.03. The standard InChI is InChI=1S/C14H21ClN4S/c1-3-18-14-13(10(2)17-18)16-12(6-7-15)19(14)11-5-4-8-20-9-11/h11H,3-9H2,1-2H3. The van der Waals surface area contributed by atoms with Crippen LogP contribution in [0.4, 0.5) is 0 Å². The molecule has 6 heteroatoms. The third-order valence-corrected chi connectivity index (χ3v) is 5.32. The average molecular weight is 313 g/mol. The van der Waals surface area contributed by atoms with Crippen LogP contribution in [0.2, 0.25) is 0 Å². The number of aryl methyl sites for hydroxylation is 3. The lowest BCUT2D eigenvalue weighted by Crippen LogP contribution is -2.20. The van der Waals surface area contributed by atoms with Crippen molar-refractivity contribution >= 4 is 34.5 Å². The van der Waals surface area contributed by atoms with E-state index >= 15 is 0 Å². The zero-order valence-corrected chi connectivity index (χ0v) is 13.7. The summed E-state index contributed by atoms with van der Waals surface area (Å²) in [5.41, 5.74) is 3.28. The molecule has 3 rings (SSSR count). The van der Waals surface area contributed by atoms with Gasteiger partial charge in [-0.3, -0.25) is 0 Å². The summed E-state index contributed by atoms with van der Waals surface area (Å²) in [5.74, 6) is 4.21. The molecule has 1 atom stereocenters. The number of halogens is 1. The van der Waals surface area contributed by atoms with E-state index in [-0.39, 0.29) is 0 Å². The molecule has 1 aliphatic rings. The Morgan fingerprint density at radius 3 is 2.95 bits per heavy atom. The molecule has 0 aromatic carbocycles. The van der Waals surface area contributed by atoms with E-state index in [0.29, 0.717) is 11.9 Å². The van der Waals surface area contributed by atoms with Gasteiger partial charge in [0.25, 0.3) is 0 Å². The molecule has 20 heavy (non-hydrogen) atoms. The Bertz CT molecular complexity index is 598. The number of alkyl halides is 1. The molecule has 1 saturated heterocycles. The molecule has 0 aliphatic carbocycles. The third kappa shape index (κ3) is 2.35. The largest absolute Gasteiger partial charge is 0.309 e. The molecule has 0 saturated carbocycles. The molecule has 0 spiro atoms. The number of hydrogen-bond acceptors (Lipinski definition) is 3. The van der Waals surface area contributed by atoms with Crippen molar-refractivity contribution in [3.8, 4) is 0 Å². The first-order valence-electron chi connectivity index (χ1n) is 7.34. The van der Waals surface area contributed by atoms with Crippen LogP contribution in [0.5, 0.6) is 0 Å². The Labute approximate surface area is 128 Å². The highest BCUT2D eigenvalue weighted by atomic mass is 35.5. The molecule has 110 valence electrons. The Morgan fingerprint density at radius 1 is 1.45 bits per heavy atom. The van der Waals surface area contributed by atoms with Crippen molar-refractivity contribution in [2.45, 2.75) is 45.7 Å². The molecule has 1 fully saturated rings. The topological polar surface area (TPSA) is 35.6 Å².